The molecule has 0 unspecified atom stereocenters. The number of amides is 1. The van der Waals surface area contributed by atoms with Crippen LogP contribution < -0.4 is 4.90 Å². The standard InChI is InChI=1S/C17H11Cl2F5N2O/c18-8-1-2-9(10(19)7-8)17(27)26-5-3-25(4-6-26)16-14(23)12(21)11(20)13(22)15(16)24/h1-2,7H,3-6H2. The summed E-state index contributed by atoms with van der Waals surface area (Å²) in [5, 5.41) is 0.502. The minimum absolute atomic E-state index is 0.0112. The number of piperazine rings is 1. The lowest BCUT2D eigenvalue weighted by Crippen LogP contribution is -2.49. The molecule has 10 heteroatoms. The highest BCUT2D eigenvalue weighted by Crippen LogP contribution is 2.31. The monoisotopic (exact) mass is 424 g/mol. The van der Waals surface area contributed by atoms with Crippen LogP contribution in [0.3, 0.4) is 0 Å². The first-order valence-corrected chi connectivity index (χ1v) is 8.48. The number of anilines is 1. The summed E-state index contributed by atoms with van der Waals surface area (Å²) in [6.07, 6.45) is 0. The summed E-state index contributed by atoms with van der Waals surface area (Å²) in [7, 11) is 0. The first-order valence-electron chi connectivity index (χ1n) is 7.73. The second-order valence-corrected chi connectivity index (χ2v) is 6.67. The molecule has 2 aromatic rings. The molecule has 2 aromatic carbocycles. The number of benzene rings is 2. The quantitative estimate of drug-likeness (QED) is 0.398. The third kappa shape index (κ3) is 3.55. The molecule has 0 aromatic heterocycles. The SMILES string of the molecule is O=C(c1ccc(Cl)cc1Cl)N1CCN(c2c(F)c(F)c(F)c(F)c2F)CC1. The predicted octanol–water partition coefficient (Wildman–Crippen LogP) is 4.65. The third-order valence-corrected chi connectivity index (χ3v) is 4.78. The Labute approximate surface area is 160 Å². The van der Waals surface area contributed by atoms with E-state index in [1.807, 2.05) is 0 Å². The van der Waals surface area contributed by atoms with E-state index in [1.165, 1.54) is 23.1 Å². The second-order valence-electron chi connectivity index (χ2n) is 5.82. The van der Waals surface area contributed by atoms with Gasteiger partial charge in [-0.2, -0.15) is 0 Å². The smallest absolute Gasteiger partial charge is 0.255 e. The molecule has 1 aliphatic heterocycles. The van der Waals surface area contributed by atoms with Gasteiger partial charge in [-0.1, -0.05) is 23.2 Å². The molecule has 3 nitrogen and oxygen atoms in total. The maximum absolute atomic E-state index is 13.9. The molecule has 0 N–H and O–H groups in total. The van der Waals surface area contributed by atoms with Crippen LogP contribution in [-0.4, -0.2) is 37.0 Å². The van der Waals surface area contributed by atoms with Crippen molar-refractivity contribution in [3.05, 3.63) is 62.9 Å². The van der Waals surface area contributed by atoms with Crippen molar-refractivity contribution in [2.75, 3.05) is 31.1 Å². The fraction of sp³-hybridized carbons (Fsp3) is 0.235. The number of carbonyl (C=O) groups excluding carboxylic acids is 1. The van der Waals surface area contributed by atoms with Crippen LogP contribution in [0, 0.1) is 29.1 Å². The minimum Gasteiger partial charge on any atom is -0.363 e. The highest BCUT2D eigenvalue weighted by atomic mass is 35.5. The highest BCUT2D eigenvalue weighted by molar-refractivity contribution is 6.36. The zero-order valence-electron chi connectivity index (χ0n) is 13.5. The van der Waals surface area contributed by atoms with Gasteiger partial charge in [-0.25, -0.2) is 22.0 Å². The third-order valence-electron chi connectivity index (χ3n) is 4.23. The van der Waals surface area contributed by atoms with Crippen molar-refractivity contribution >= 4 is 34.8 Å². The van der Waals surface area contributed by atoms with Crippen LogP contribution in [0.4, 0.5) is 27.6 Å². The number of rotatable bonds is 2. The van der Waals surface area contributed by atoms with E-state index in [0.717, 1.165) is 4.90 Å². The maximum atomic E-state index is 13.9. The Balaban J connectivity index is 1.79. The molecule has 0 atom stereocenters. The molecule has 0 spiro atoms. The van der Waals surface area contributed by atoms with Crippen molar-refractivity contribution in [2.45, 2.75) is 0 Å². The number of hydrogen-bond acceptors (Lipinski definition) is 2. The van der Waals surface area contributed by atoms with Crippen molar-refractivity contribution in [1.82, 2.24) is 4.90 Å². The first-order chi connectivity index (χ1) is 12.7. The van der Waals surface area contributed by atoms with Gasteiger partial charge < -0.3 is 9.80 Å². The maximum Gasteiger partial charge on any atom is 0.255 e. The molecule has 27 heavy (non-hydrogen) atoms. The molecule has 3 rings (SSSR count). The van der Waals surface area contributed by atoms with Gasteiger partial charge in [0.2, 0.25) is 5.82 Å². The Bertz CT molecular complexity index is 888. The predicted molar refractivity (Wildman–Crippen MR) is 90.8 cm³/mol. The molecular formula is C17H11Cl2F5N2O. The lowest BCUT2D eigenvalue weighted by atomic mass is 10.1. The van der Waals surface area contributed by atoms with Crippen LogP contribution in [0.1, 0.15) is 10.4 Å². The molecule has 144 valence electrons. The Hall–Kier alpha value is -2.06. The summed E-state index contributed by atoms with van der Waals surface area (Å²) < 4.78 is 67.8. The summed E-state index contributed by atoms with van der Waals surface area (Å²) in [5.41, 5.74) is -0.797. The number of hydrogen-bond donors (Lipinski definition) is 0. The molecule has 0 saturated carbocycles. The van der Waals surface area contributed by atoms with Gasteiger partial charge >= 0.3 is 0 Å². The lowest BCUT2D eigenvalue weighted by Gasteiger charge is -2.36. The Morgan fingerprint density at radius 3 is 1.85 bits per heavy atom. The average molecular weight is 425 g/mol. The molecule has 0 bridgehead atoms. The van der Waals surface area contributed by atoms with Gasteiger partial charge in [-0.05, 0) is 18.2 Å². The van der Waals surface area contributed by atoms with Crippen molar-refractivity contribution < 1.29 is 26.7 Å². The Morgan fingerprint density at radius 1 is 0.815 bits per heavy atom. The summed E-state index contributed by atoms with van der Waals surface area (Å²) in [6, 6.07) is 4.34. The number of halogens is 7. The second kappa shape index (κ2) is 7.52. The summed E-state index contributed by atoms with van der Waals surface area (Å²) in [5.74, 6) is -10.4. The molecule has 1 heterocycles. The molecule has 1 amide bonds. The first kappa shape index (κ1) is 19.7. The van der Waals surface area contributed by atoms with E-state index in [4.69, 9.17) is 23.2 Å². The molecule has 0 radical (unpaired) electrons. The van der Waals surface area contributed by atoms with Crippen molar-refractivity contribution in [1.29, 1.82) is 0 Å². The fourth-order valence-electron chi connectivity index (χ4n) is 2.84. The van der Waals surface area contributed by atoms with Gasteiger partial charge in [0, 0.05) is 31.2 Å². The van der Waals surface area contributed by atoms with Crippen LogP contribution in [0.25, 0.3) is 0 Å². The van der Waals surface area contributed by atoms with Crippen LogP contribution >= 0.6 is 23.2 Å². The Kier molecular flexibility index (Phi) is 5.48. The van der Waals surface area contributed by atoms with E-state index in [2.05, 4.69) is 0 Å². The zero-order chi connectivity index (χ0) is 19.9. The van der Waals surface area contributed by atoms with Gasteiger partial charge in [0.25, 0.3) is 5.91 Å². The molecule has 1 fully saturated rings. The van der Waals surface area contributed by atoms with Gasteiger partial charge in [-0.15, -0.1) is 0 Å². The topological polar surface area (TPSA) is 23.6 Å². The van der Waals surface area contributed by atoms with Gasteiger partial charge in [0.15, 0.2) is 23.3 Å². The minimum atomic E-state index is -2.21. The summed E-state index contributed by atoms with van der Waals surface area (Å²) in [6.45, 7) is -0.209. The van der Waals surface area contributed by atoms with Crippen LogP contribution in [-0.2, 0) is 0 Å². The van der Waals surface area contributed by atoms with Crippen molar-refractivity contribution in [3.63, 3.8) is 0 Å². The molecule has 1 aliphatic rings. The van der Waals surface area contributed by atoms with Crippen molar-refractivity contribution in [2.24, 2.45) is 0 Å². The van der Waals surface area contributed by atoms with Gasteiger partial charge in [-0.3, -0.25) is 4.79 Å². The number of carbonyl (C=O) groups is 1. The van der Waals surface area contributed by atoms with Gasteiger partial charge in [0.05, 0.1) is 10.6 Å². The Morgan fingerprint density at radius 2 is 1.33 bits per heavy atom. The van der Waals surface area contributed by atoms with Crippen LogP contribution in [0.2, 0.25) is 10.0 Å². The summed E-state index contributed by atoms with van der Waals surface area (Å²) in [4.78, 5) is 14.9. The van der Waals surface area contributed by atoms with E-state index in [1.54, 1.807) is 0 Å². The van der Waals surface area contributed by atoms with E-state index in [9.17, 15) is 26.7 Å². The van der Waals surface area contributed by atoms with E-state index in [0.29, 0.717) is 5.02 Å². The number of nitrogens with zero attached hydrogens (tertiary/aromatic N) is 2. The molecular weight excluding hydrogens is 414 g/mol. The zero-order valence-corrected chi connectivity index (χ0v) is 15.0. The normalized spacial score (nSPS) is 14.6. The average Bonchev–Trinajstić information content (AvgIpc) is 2.65. The fourth-order valence-corrected chi connectivity index (χ4v) is 3.33. The van der Waals surface area contributed by atoms with Crippen LogP contribution in [0.5, 0.6) is 0 Å². The van der Waals surface area contributed by atoms with Crippen molar-refractivity contribution in [3.8, 4) is 0 Å². The van der Waals surface area contributed by atoms with E-state index >= 15 is 0 Å². The lowest BCUT2D eigenvalue weighted by molar-refractivity contribution is 0.0746. The molecule has 1 saturated heterocycles. The van der Waals surface area contributed by atoms with Crippen LogP contribution in [0.15, 0.2) is 18.2 Å². The van der Waals surface area contributed by atoms with E-state index < -0.39 is 40.7 Å². The molecule has 0 aliphatic carbocycles. The highest BCUT2D eigenvalue weighted by Gasteiger charge is 2.32. The van der Waals surface area contributed by atoms with E-state index in [-0.39, 0.29) is 36.8 Å². The van der Waals surface area contributed by atoms with Gasteiger partial charge in [0.1, 0.15) is 5.69 Å². The largest absolute Gasteiger partial charge is 0.363 e. The summed E-state index contributed by atoms with van der Waals surface area (Å²) >= 11 is 11.8.